The van der Waals surface area contributed by atoms with Crippen LogP contribution >= 0.6 is 12.6 Å². The molecule has 2 aromatic carbocycles. The smallest absolute Gasteiger partial charge is 0.0484 e. The average Bonchev–Trinajstić information content (AvgIpc) is 2.27. The van der Waals surface area contributed by atoms with Gasteiger partial charge in [-0.2, -0.15) is 0 Å². The Hall–Kier alpha value is -1.34. The zero-order valence-corrected chi connectivity index (χ0v) is 10.7. The van der Waals surface area contributed by atoms with Crippen LogP contribution in [0.1, 0.15) is 16.7 Å². The van der Waals surface area contributed by atoms with Gasteiger partial charge < -0.3 is 0 Å². The minimum atomic E-state index is 0.969. The summed E-state index contributed by atoms with van der Waals surface area (Å²) < 4.78 is 0. The molecule has 0 N–H and O–H groups in total. The quantitative estimate of drug-likeness (QED) is 0.654. The van der Waals surface area contributed by atoms with Crippen molar-refractivity contribution in [2.45, 2.75) is 25.7 Å². The van der Waals surface area contributed by atoms with Crippen molar-refractivity contribution in [1.82, 2.24) is 0 Å². The van der Waals surface area contributed by atoms with Crippen LogP contribution in [0.3, 0.4) is 0 Å². The molecule has 0 fully saturated rings. The molecule has 0 nitrogen and oxygen atoms in total. The van der Waals surface area contributed by atoms with E-state index in [0.717, 1.165) is 4.90 Å². The molecule has 0 aliphatic carbocycles. The molecule has 0 aliphatic heterocycles. The van der Waals surface area contributed by atoms with Crippen molar-refractivity contribution in [2.24, 2.45) is 0 Å². The van der Waals surface area contributed by atoms with Crippen LogP contribution in [0.5, 0.6) is 0 Å². The van der Waals surface area contributed by atoms with Crippen molar-refractivity contribution in [3.8, 4) is 11.1 Å². The summed E-state index contributed by atoms with van der Waals surface area (Å²) in [5.74, 6) is 0. The summed E-state index contributed by atoms with van der Waals surface area (Å²) in [6.45, 7) is 6.36. The first-order chi connectivity index (χ1) is 7.61. The molecule has 0 atom stereocenters. The Balaban J connectivity index is 2.68. The van der Waals surface area contributed by atoms with E-state index in [1.807, 2.05) is 0 Å². The third-order valence-corrected chi connectivity index (χ3v) is 3.65. The fraction of sp³-hybridized carbons (Fsp3) is 0.200. The zero-order valence-electron chi connectivity index (χ0n) is 9.87. The lowest BCUT2D eigenvalue weighted by Crippen LogP contribution is -1.89. The predicted molar refractivity (Wildman–Crippen MR) is 71.9 cm³/mol. The van der Waals surface area contributed by atoms with Crippen LogP contribution in [0.2, 0.25) is 0 Å². The van der Waals surface area contributed by atoms with Crippen LogP contribution < -0.4 is 0 Å². The maximum Gasteiger partial charge on any atom is 0.0484 e. The van der Waals surface area contributed by atoms with Gasteiger partial charge in [-0.25, -0.2) is 0 Å². The van der Waals surface area contributed by atoms with Gasteiger partial charge in [0.05, 0.1) is 0 Å². The minimum Gasteiger partial charge on any atom is -0.0791 e. The summed E-state index contributed by atoms with van der Waals surface area (Å²) in [5, 5.41) is 0. The number of hydrogen-bond acceptors (Lipinski definition) is 0. The monoisotopic (exact) mass is 227 g/mol. The van der Waals surface area contributed by atoms with Crippen LogP contribution in [0.25, 0.3) is 11.1 Å². The number of rotatable bonds is 1. The third kappa shape index (κ3) is 1.83. The SMILES string of the molecule is Cc1cccc(-c2cccc(C)c2[S])c1C. The van der Waals surface area contributed by atoms with Gasteiger partial charge in [0.15, 0.2) is 0 Å². The van der Waals surface area contributed by atoms with Crippen molar-refractivity contribution >= 4 is 12.6 Å². The topological polar surface area (TPSA) is 0 Å². The second-order valence-corrected chi connectivity index (χ2v) is 4.61. The van der Waals surface area contributed by atoms with E-state index >= 15 is 0 Å². The van der Waals surface area contributed by atoms with E-state index < -0.39 is 0 Å². The van der Waals surface area contributed by atoms with Gasteiger partial charge in [0.2, 0.25) is 0 Å². The van der Waals surface area contributed by atoms with E-state index in [1.165, 1.54) is 27.8 Å². The second kappa shape index (κ2) is 4.26. The lowest BCUT2D eigenvalue weighted by molar-refractivity contribution is 1.28. The molecule has 2 rings (SSSR count). The Morgan fingerprint density at radius 3 is 2.00 bits per heavy atom. The largest absolute Gasteiger partial charge is 0.0791 e. The molecule has 0 saturated heterocycles. The van der Waals surface area contributed by atoms with E-state index in [4.69, 9.17) is 12.6 Å². The molecule has 2 aromatic rings. The van der Waals surface area contributed by atoms with Gasteiger partial charge in [-0.3, -0.25) is 0 Å². The molecule has 81 valence electrons. The normalized spacial score (nSPS) is 10.4. The van der Waals surface area contributed by atoms with Crippen molar-refractivity contribution in [3.63, 3.8) is 0 Å². The third-order valence-electron chi connectivity index (χ3n) is 3.11. The molecule has 0 amide bonds. The molecule has 0 bridgehead atoms. The molecule has 1 heteroatoms. The fourth-order valence-electron chi connectivity index (χ4n) is 1.91. The Morgan fingerprint density at radius 2 is 1.31 bits per heavy atom. The van der Waals surface area contributed by atoms with E-state index in [1.54, 1.807) is 0 Å². The second-order valence-electron chi connectivity index (χ2n) is 4.20. The van der Waals surface area contributed by atoms with Crippen LogP contribution in [0.15, 0.2) is 41.3 Å². The zero-order chi connectivity index (χ0) is 11.7. The Labute approximate surface area is 103 Å². The molecule has 0 unspecified atom stereocenters. The van der Waals surface area contributed by atoms with E-state index in [2.05, 4.69) is 57.2 Å². The summed E-state index contributed by atoms with van der Waals surface area (Å²) >= 11 is 5.48. The number of aryl methyl sites for hydroxylation is 2. The molecule has 0 heterocycles. The van der Waals surface area contributed by atoms with Crippen LogP contribution in [0, 0.1) is 20.8 Å². The average molecular weight is 227 g/mol. The summed E-state index contributed by atoms with van der Waals surface area (Å²) in [4.78, 5) is 0.969. The first-order valence-electron chi connectivity index (χ1n) is 5.44. The van der Waals surface area contributed by atoms with E-state index in [9.17, 15) is 0 Å². The highest BCUT2D eigenvalue weighted by atomic mass is 32.1. The van der Waals surface area contributed by atoms with Gasteiger partial charge in [0.1, 0.15) is 0 Å². The Morgan fingerprint density at radius 1 is 0.750 bits per heavy atom. The summed E-state index contributed by atoms with van der Waals surface area (Å²) in [7, 11) is 0. The summed E-state index contributed by atoms with van der Waals surface area (Å²) in [6, 6.07) is 12.6. The molecular weight excluding hydrogens is 212 g/mol. The number of benzene rings is 2. The van der Waals surface area contributed by atoms with Gasteiger partial charge in [0, 0.05) is 10.5 Å². The molecule has 1 radical (unpaired) electrons. The maximum absolute atomic E-state index is 5.48. The first kappa shape index (κ1) is 11.2. The summed E-state index contributed by atoms with van der Waals surface area (Å²) in [5.41, 5.74) is 6.24. The standard InChI is InChI=1S/C15H15S/c1-10-6-4-8-13(12(10)3)14-9-5-7-11(2)15(14)16/h4-9H,1-3H3. The van der Waals surface area contributed by atoms with Crippen LogP contribution in [0.4, 0.5) is 0 Å². The van der Waals surface area contributed by atoms with Crippen molar-refractivity contribution in [3.05, 3.63) is 53.1 Å². The molecule has 0 saturated carbocycles. The highest BCUT2D eigenvalue weighted by Crippen LogP contribution is 2.32. The minimum absolute atomic E-state index is 0.969. The van der Waals surface area contributed by atoms with E-state index in [-0.39, 0.29) is 0 Å². The van der Waals surface area contributed by atoms with E-state index in [0.29, 0.717) is 0 Å². The van der Waals surface area contributed by atoms with Crippen molar-refractivity contribution < 1.29 is 0 Å². The van der Waals surface area contributed by atoms with Gasteiger partial charge in [-0.05, 0) is 43.0 Å². The predicted octanol–water partition coefficient (Wildman–Crippen LogP) is 4.84. The van der Waals surface area contributed by atoms with Gasteiger partial charge in [-0.1, -0.05) is 49.0 Å². The first-order valence-corrected chi connectivity index (χ1v) is 5.85. The maximum atomic E-state index is 5.48. The van der Waals surface area contributed by atoms with Crippen molar-refractivity contribution in [2.75, 3.05) is 0 Å². The number of hydrogen-bond donors (Lipinski definition) is 0. The van der Waals surface area contributed by atoms with Crippen LogP contribution in [-0.2, 0) is 0 Å². The Bertz CT molecular complexity index is 477. The molecule has 0 aliphatic rings. The molecule has 0 aromatic heterocycles. The lowest BCUT2D eigenvalue weighted by atomic mass is 9.96. The van der Waals surface area contributed by atoms with Gasteiger partial charge in [0.25, 0.3) is 0 Å². The van der Waals surface area contributed by atoms with Crippen molar-refractivity contribution in [1.29, 1.82) is 0 Å². The molecular formula is C15H15S. The molecule has 16 heavy (non-hydrogen) atoms. The highest BCUT2D eigenvalue weighted by molar-refractivity contribution is 7.80. The molecule has 0 spiro atoms. The van der Waals surface area contributed by atoms with Crippen LogP contribution in [-0.4, -0.2) is 0 Å². The Kier molecular flexibility index (Phi) is 2.97. The van der Waals surface area contributed by atoms with Gasteiger partial charge >= 0.3 is 0 Å². The fourth-order valence-corrected chi connectivity index (χ4v) is 2.15. The van der Waals surface area contributed by atoms with Gasteiger partial charge in [-0.15, -0.1) is 0 Å². The lowest BCUT2D eigenvalue weighted by Gasteiger charge is -2.11. The highest BCUT2D eigenvalue weighted by Gasteiger charge is 2.08. The summed E-state index contributed by atoms with van der Waals surface area (Å²) in [6.07, 6.45) is 0.